The summed E-state index contributed by atoms with van der Waals surface area (Å²) in [5, 5.41) is 0. The van der Waals surface area contributed by atoms with E-state index in [1.54, 1.807) is 0 Å². The number of carbonyl (C=O) groups excluding carboxylic acids is 3. The highest BCUT2D eigenvalue weighted by Gasteiger charge is 2.19. The smallest absolute Gasteiger partial charge is 0.306 e. The first-order valence-corrected chi connectivity index (χ1v) is 28.7. The first-order chi connectivity index (χ1) is 31.2. The molecule has 0 saturated carbocycles. The van der Waals surface area contributed by atoms with E-state index in [2.05, 4.69) is 34.6 Å². The molecule has 0 N–H and O–H groups in total. The lowest BCUT2D eigenvalue weighted by Crippen LogP contribution is -2.30. The lowest BCUT2D eigenvalue weighted by molar-refractivity contribution is -0.167. The van der Waals surface area contributed by atoms with Crippen molar-refractivity contribution >= 4 is 17.9 Å². The standard InChI is InChI=1S/C58H112O6/c1-6-7-8-9-10-11-12-13-14-15-16-17-20-24-29-35-40-45-50-58(61)64-55(52-63-57(60)49-44-39-34-30-25-27-32-37-42-47-54(4)5)51-62-56(59)48-43-38-33-28-23-21-18-19-22-26-31-36-41-46-53(2)3/h53-55H,6-52H2,1-5H3/t55-/m0/s1. The van der Waals surface area contributed by atoms with Gasteiger partial charge < -0.3 is 14.2 Å². The maximum atomic E-state index is 12.8. The Hall–Kier alpha value is -1.59. The van der Waals surface area contributed by atoms with Gasteiger partial charge >= 0.3 is 17.9 Å². The summed E-state index contributed by atoms with van der Waals surface area (Å²) in [5.74, 6) is 0.807. The van der Waals surface area contributed by atoms with Gasteiger partial charge in [-0.25, -0.2) is 0 Å². The van der Waals surface area contributed by atoms with Crippen LogP contribution in [0.5, 0.6) is 0 Å². The average molecular weight is 906 g/mol. The lowest BCUT2D eigenvalue weighted by Gasteiger charge is -2.18. The van der Waals surface area contributed by atoms with Crippen LogP contribution in [0.4, 0.5) is 0 Å². The van der Waals surface area contributed by atoms with E-state index in [4.69, 9.17) is 14.2 Å². The van der Waals surface area contributed by atoms with Gasteiger partial charge in [-0.05, 0) is 31.1 Å². The number of esters is 3. The second-order valence-corrected chi connectivity index (χ2v) is 20.9. The molecular formula is C58H112O6. The van der Waals surface area contributed by atoms with E-state index in [9.17, 15) is 14.4 Å². The van der Waals surface area contributed by atoms with Gasteiger partial charge in [-0.1, -0.05) is 285 Å². The molecule has 0 aromatic carbocycles. The number of hydrogen-bond donors (Lipinski definition) is 0. The fourth-order valence-electron chi connectivity index (χ4n) is 8.87. The molecule has 6 heteroatoms. The van der Waals surface area contributed by atoms with Crippen molar-refractivity contribution in [1.29, 1.82) is 0 Å². The second-order valence-electron chi connectivity index (χ2n) is 20.9. The first-order valence-electron chi connectivity index (χ1n) is 28.7. The molecule has 6 nitrogen and oxygen atoms in total. The van der Waals surface area contributed by atoms with Crippen molar-refractivity contribution in [3.05, 3.63) is 0 Å². The molecule has 0 aromatic rings. The zero-order chi connectivity index (χ0) is 46.8. The number of hydrogen-bond acceptors (Lipinski definition) is 6. The average Bonchev–Trinajstić information content (AvgIpc) is 3.27. The van der Waals surface area contributed by atoms with Crippen molar-refractivity contribution < 1.29 is 28.6 Å². The molecule has 0 heterocycles. The van der Waals surface area contributed by atoms with Crippen LogP contribution in [0.15, 0.2) is 0 Å². The van der Waals surface area contributed by atoms with Crippen molar-refractivity contribution in [2.24, 2.45) is 11.8 Å². The molecule has 0 amide bonds. The third-order valence-corrected chi connectivity index (χ3v) is 13.2. The molecule has 0 rings (SSSR count). The van der Waals surface area contributed by atoms with E-state index in [0.29, 0.717) is 19.3 Å². The van der Waals surface area contributed by atoms with Crippen LogP contribution in [0.3, 0.4) is 0 Å². The van der Waals surface area contributed by atoms with E-state index in [1.807, 2.05) is 0 Å². The van der Waals surface area contributed by atoms with Gasteiger partial charge in [0.1, 0.15) is 13.2 Å². The molecule has 0 radical (unpaired) electrons. The van der Waals surface area contributed by atoms with Crippen LogP contribution in [0.2, 0.25) is 0 Å². The van der Waals surface area contributed by atoms with E-state index >= 15 is 0 Å². The van der Waals surface area contributed by atoms with E-state index < -0.39 is 6.10 Å². The molecule has 0 bridgehead atoms. The summed E-state index contributed by atoms with van der Waals surface area (Å²) in [5.41, 5.74) is 0. The summed E-state index contributed by atoms with van der Waals surface area (Å²) < 4.78 is 16.9. The number of carbonyl (C=O) groups is 3. The SMILES string of the molecule is CCCCCCCCCCCCCCCCCCCCC(=O)O[C@@H](COC(=O)CCCCCCCCCCCCCCCC(C)C)COC(=O)CCCCCCCCCCCC(C)C. The molecule has 0 aliphatic carbocycles. The van der Waals surface area contributed by atoms with Gasteiger partial charge in [0.25, 0.3) is 0 Å². The Kier molecular flexibility index (Phi) is 49.6. The Labute approximate surface area is 399 Å². The van der Waals surface area contributed by atoms with Crippen LogP contribution < -0.4 is 0 Å². The highest BCUT2D eigenvalue weighted by atomic mass is 16.6. The van der Waals surface area contributed by atoms with Crippen molar-refractivity contribution in [1.82, 2.24) is 0 Å². The van der Waals surface area contributed by atoms with Crippen LogP contribution in [0.25, 0.3) is 0 Å². The summed E-state index contributed by atoms with van der Waals surface area (Å²) in [7, 11) is 0. The lowest BCUT2D eigenvalue weighted by atomic mass is 10.0. The molecule has 1 atom stereocenters. The van der Waals surface area contributed by atoms with E-state index in [0.717, 1.165) is 69.6 Å². The normalized spacial score (nSPS) is 12.0. The molecule has 0 fully saturated rings. The maximum absolute atomic E-state index is 12.8. The zero-order valence-electron chi connectivity index (χ0n) is 43.9. The fourth-order valence-corrected chi connectivity index (χ4v) is 8.87. The Morgan fingerprint density at radius 1 is 0.297 bits per heavy atom. The minimum absolute atomic E-state index is 0.0631. The quantitative estimate of drug-likeness (QED) is 0.0344. The highest BCUT2D eigenvalue weighted by molar-refractivity contribution is 5.71. The van der Waals surface area contributed by atoms with E-state index in [-0.39, 0.29) is 31.1 Å². The number of ether oxygens (including phenoxy) is 3. The molecule has 0 unspecified atom stereocenters. The fraction of sp³-hybridized carbons (Fsp3) is 0.948. The Morgan fingerprint density at radius 3 is 0.766 bits per heavy atom. The van der Waals surface area contributed by atoms with Gasteiger partial charge in [0.15, 0.2) is 6.10 Å². The van der Waals surface area contributed by atoms with Crippen molar-refractivity contribution in [2.45, 2.75) is 330 Å². The van der Waals surface area contributed by atoms with Gasteiger partial charge in [0.05, 0.1) is 0 Å². The maximum Gasteiger partial charge on any atom is 0.306 e. The molecule has 0 spiro atoms. The Balaban J connectivity index is 4.28. The van der Waals surface area contributed by atoms with Gasteiger partial charge in [-0.15, -0.1) is 0 Å². The molecule has 64 heavy (non-hydrogen) atoms. The minimum atomic E-state index is -0.763. The highest BCUT2D eigenvalue weighted by Crippen LogP contribution is 2.18. The van der Waals surface area contributed by atoms with Gasteiger partial charge in [0.2, 0.25) is 0 Å². The molecular weight excluding hydrogens is 793 g/mol. The Bertz CT molecular complexity index is 978. The Morgan fingerprint density at radius 2 is 0.516 bits per heavy atom. The summed E-state index contributed by atoms with van der Waals surface area (Å²) in [6.07, 6.45) is 53.8. The first kappa shape index (κ1) is 62.4. The van der Waals surface area contributed by atoms with Crippen LogP contribution in [0.1, 0.15) is 324 Å². The molecule has 0 saturated heterocycles. The van der Waals surface area contributed by atoms with Gasteiger partial charge in [-0.3, -0.25) is 14.4 Å². The van der Waals surface area contributed by atoms with Crippen molar-refractivity contribution in [2.75, 3.05) is 13.2 Å². The second kappa shape index (κ2) is 50.8. The summed E-state index contributed by atoms with van der Waals surface area (Å²) in [4.78, 5) is 38.1. The monoisotopic (exact) mass is 905 g/mol. The predicted octanol–water partition coefficient (Wildman–Crippen LogP) is 18.9. The van der Waals surface area contributed by atoms with Crippen LogP contribution in [-0.4, -0.2) is 37.2 Å². The number of rotatable bonds is 52. The summed E-state index contributed by atoms with van der Waals surface area (Å²) in [6.45, 7) is 11.4. The zero-order valence-corrected chi connectivity index (χ0v) is 43.9. The largest absolute Gasteiger partial charge is 0.462 e. The van der Waals surface area contributed by atoms with Crippen LogP contribution in [-0.2, 0) is 28.6 Å². The number of unbranched alkanes of at least 4 members (excludes halogenated alkanes) is 37. The molecule has 0 aliphatic rings. The van der Waals surface area contributed by atoms with Crippen molar-refractivity contribution in [3.8, 4) is 0 Å². The van der Waals surface area contributed by atoms with Crippen LogP contribution in [0, 0.1) is 11.8 Å². The summed E-state index contributed by atoms with van der Waals surface area (Å²) >= 11 is 0. The van der Waals surface area contributed by atoms with Crippen LogP contribution >= 0.6 is 0 Å². The van der Waals surface area contributed by atoms with Crippen molar-refractivity contribution in [3.63, 3.8) is 0 Å². The third-order valence-electron chi connectivity index (χ3n) is 13.2. The molecule has 0 aromatic heterocycles. The molecule has 380 valence electrons. The van der Waals surface area contributed by atoms with E-state index in [1.165, 1.54) is 212 Å². The van der Waals surface area contributed by atoms with Gasteiger partial charge in [0, 0.05) is 19.3 Å². The topological polar surface area (TPSA) is 78.9 Å². The minimum Gasteiger partial charge on any atom is -0.462 e. The third kappa shape index (κ3) is 51.4. The van der Waals surface area contributed by atoms with Gasteiger partial charge in [-0.2, -0.15) is 0 Å². The predicted molar refractivity (Wildman–Crippen MR) is 275 cm³/mol. The summed E-state index contributed by atoms with van der Waals surface area (Å²) in [6, 6.07) is 0. The molecule has 0 aliphatic heterocycles.